The van der Waals surface area contributed by atoms with Crippen LogP contribution in [-0.2, 0) is 11.2 Å². The van der Waals surface area contributed by atoms with E-state index in [1.807, 2.05) is 0 Å². The molecule has 0 aliphatic rings. The van der Waals surface area contributed by atoms with Crippen molar-refractivity contribution in [1.82, 2.24) is 4.90 Å². The van der Waals surface area contributed by atoms with E-state index in [9.17, 15) is 22.8 Å². The number of amides is 1. The van der Waals surface area contributed by atoms with Gasteiger partial charge in [0.2, 0.25) is 5.91 Å². The maximum absolute atomic E-state index is 12.1. The lowest BCUT2D eigenvalue weighted by molar-refractivity contribution is -0.157. The van der Waals surface area contributed by atoms with Gasteiger partial charge >= 0.3 is 12.1 Å². The highest BCUT2D eigenvalue weighted by Gasteiger charge is 2.31. The van der Waals surface area contributed by atoms with Gasteiger partial charge in [-0.3, -0.25) is 4.79 Å². The fourth-order valence-corrected chi connectivity index (χ4v) is 1.54. The molecule has 0 aromatic heterocycles. The van der Waals surface area contributed by atoms with Crippen molar-refractivity contribution in [2.45, 2.75) is 12.6 Å². The lowest BCUT2D eigenvalue weighted by atomic mass is 10.0. The summed E-state index contributed by atoms with van der Waals surface area (Å²) in [5.74, 6) is -2.01. The largest absolute Gasteiger partial charge is 0.478 e. The zero-order chi connectivity index (χ0) is 14.6. The number of carboxylic acids is 1. The molecule has 7 heteroatoms. The van der Waals surface area contributed by atoms with E-state index in [1.165, 1.54) is 24.3 Å². The number of alkyl halides is 3. The Morgan fingerprint density at radius 3 is 2.37 bits per heavy atom. The van der Waals surface area contributed by atoms with E-state index in [0.29, 0.717) is 4.90 Å². The molecule has 0 spiro atoms. The molecule has 1 aromatic rings. The van der Waals surface area contributed by atoms with Crippen LogP contribution >= 0.6 is 0 Å². The Labute approximate surface area is 107 Å². The van der Waals surface area contributed by atoms with Gasteiger partial charge in [-0.05, 0) is 11.6 Å². The third-order valence-corrected chi connectivity index (χ3v) is 2.43. The molecular weight excluding hydrogens is 263 g/mol. The van der Waals surface area contributed by atoms with Gasteiger partial charge in [0.05, 0.1) is 12.0 Å². The third-order valence-electron chi connectivity index (χ3n) is 2.43. The predicted molar refractivity (Wildman–Crippen MR) is 60.8 cm³/mol. The molecule has 0 aliphatic carbocycles. The van der Waals surface area contributed by atoms with Crippen LogP contribution in [0.5, 0.6) is 0 Å². The Morgan fingerprint density at radius 2 is 1.84 bits per heavy atom. The van der Waals surface area contributed by atoms with Crippen LogP contribution in [0.3, 0.4) is 0 Å². The van der Waals surface area contributed by atoms with Crippen molar-refractivity contribution in [3.8, 4) is 0 Å². The molecule has 1 aromatic carbocycles. The molecule has 1 rings (SSSR count). The van der Waals surface area contributed by atoms with Gasteiger partial charge in [-0.25, -0.2) is 4.79 Å². The van der Waals surface area contributed by atoms with Gasteiger partial charge in [0.25, 0.3) is 0 Å². The standard InChI is InChI=1S/C12H12F3NO3/c1-16(7-12(13,14)15)10(17)6-8-4-2-3-5-9(8)11(18)19/h2-5H,6-7H2,1H3,(H,18,19). The average Bonchev–Trinajstić information content (AvgIpc) is 2.27. The fraction of sp³-hybridized carbons (Fsp3) is 0.333. The number of hydrogen-bond donors (Lipinski definition) is 1. The molecule has 104 valence electrons. The molecule has 0 unspecified atom stereocenters. The van der Waals surface area contributed by atoms with Gasteiger partial charge in [-0.1, -0.05) is 18.2 Å². The number of halogens is 3. The summed E-state index contributed by atoms with van der Waals surface area (Å²) in [6, 6.07) is 5.72. The third kappa shape index (κ3) is 4.61. The summed E-state index contributed by atoms with van der Waals surface area (Å²) in [6.45, 7) is -1.36. The van der Waals surface area contributed by atoms with E-state index in [-0.39, 0.29) is 17.5 Å². The van der Waals surface area contributed by atoms with E-state index in [1.54, 1.807) is 0 Å². The number of carbonyl (C=O) groups is 2. The Morgan fingerprint density at radius 1 is 1.26 bits per heavy atom. The second-order valence-electron chi connectivity index (χ2n) is 4.00. The van der Waals surface area contributed by atoms with Crippen LogP contribution in [0.2, 0.25) is 0 Å². The Balaban J connectivity index is 2.80. The first-order chi connectivity index (χ1) is 8.70. The molecular formula is C12H12F3NO3. The van der Waals surface area contributed by atoms with Crippen molar-refractivity contribution < 1.29 is 27.9 Å². The number of carbonyl (C=O) groups excluding carboxylic acids is 1. The monoisotopic (exact) mass is 275 g/mol. The van der Waals surface area contributed by atoms with Crippen molar-refractivity contribution in [2.24, 2.45) is 0 Å². The average molecular weight is 275 g/mol. The van der Waals surface area contributed by atoms with Gasteiger partial charge < -0.3 is 10.0 Å². The van der Waals surface area contributed by atoms with E-state index in [0.717, 1.165) is 7.05 Å². The van der Waals surface area contributed by atoms with Crippen molar-refractivity contribution >= 4 is 11.9 Å². The van der Waals surface area contributed by atoms with Crippen LogP contribution in [0, 0.1) is 0 Å². The summed E-state index contributed by atoms with van der Waals surface area (Å²) >= 11 is 0. The minimum Gasteiger partial charge on any atom is -0.478 e. The van der Waals surface area contributed by atoms with Crippen molar-refractivity contribution in [1.29, 1.82) is 0 Å². The van der Waals surface area contributed by atoms with Gasteiger partial charge in [0.15, 0.2) is 0 Å². The van der Waals surface area contributed by atoms with Crippen LogP contribution in [0.1, 0.15) is 15.9 Å². The molecule has 1 amide bonds. The number of benzene rings is 1. The maximum Gasteiger partial charge on any atom is 0.406 e. The first-order valence-electron chi connectivity index (χ1n) is 5.32. The second-order valence-corrected chi connectivity index (χ2v) is 4.00. The van der Waals surface area contributed by atoms with Crippen LogP contribution < -0.4 is 0 Å². The molecule has 0 radical (unpaired) electrons. The van der Waals surface area contributed by atoms with E-state index < -0.39 is 24.6 Å². The smallest absolute Gasteiger partial charge is 0.406 e. The van der Waals surface area contributed by atoms with Crippen LogP contribution in [0.15, 0.2) is 24.3 Å². The molecule has 0 saturated heterocycles. The first kappa shape index (κ1) is 15.0. The number of carboxylic acid groups (broad SMARTS) is 1. The zero-order valence-electron chi connectivity index (χ0n) is 10.1. The van der Waals surface area contributed by atoms with Crippen LogP contribution in [0.25, 0.3) is 0 Å². The van der Waals surface area contributed by atoms with Crippen LogP contribution in [0.4, 0.5) is 13.2 Å². The maximum atomic E-state index is 12.1. The van der Waals surface area contributed by atoms with Gasteiger partial charge in [0.1, 0.15) is 6.54 Å². The van der Waals surface area contributed by atoms with Gasteiger partial charge in [-0.15, -0.1) is 0 Å². The Bertz CT molecular complexity index is 485. The first-order valence-corrected chi connectivity index (χ1v) is 5.32. The number of likely N-dealkylation sites (N-methyl/N-ethyl adjacent to an activating group) is 1. The molecule has 0 heterocycles. The van der Waals surface area contributed by atoms with E-state index in [4.69, 9.17) is 5.11 Å². The Hall–Kier alpha value is -2.05. The number of nitrogens with zero attached hydrogens (tertiary/aromatic N) is 1. The summed E-state index contributed by atoms with van der Waals surface area (Å²) in [6.07, 6.45) is -4.86. The summed E-state index contributed by atoms with van der Waals surface area (Å²) < 4.78 is 36.4. The Kier molecular flexibility index (Phi) is 4.52. The minimum atomic E-state index is -4.48. The second kappa shape index (κ2) is 5.73. The van der Waals surface area contributed by atoms with E-state index in [2.05, 4.69) is 0 Å². The summed E-state index contributed by atoms with van der Waals surface area (Å²) in [5, 5.41) is 8.90. The quantitative estimate of drug-likeness (QED) is 0.913. The summed E-state index contributed by atoms with van der Waals surface area (Å²) in [5.41, 5.74) is 0.102. The lowest BCUT2D eigenvalue weighted by Gasteiger charge is -2.19. The minimum absolute atomic E-state index is 0.0868. The number of aromatic carboxylic acids is 1. The van der Waals surface area contributed by atoms with Crippen LogP contribution in [-0.4, -0.2) is 41.7 Å². The fourth-order valence-electron chi connectivity index (χ4n) is 1.54. The molecule has 0 atom stereocenters. The summed E-state index contributed by atoms with van der Waals surface area (Å²) in [7, 11) is 1.03. The highest BCUT2D eigenvalue weighted by molar-refractivity contribution is 5.91. The van der Waals surface area contributed by atoms with Crippen molar-refractivity contribution in [2.75, 3.05) is 13.6 Å². The molecule has 0 bridgehead atoms. The highest BCUT2D eigenvalue weighted by atomic mass is 19.4. The molecule has 19 heavy (non-hydrogen) atoms. The molecule has 0 aliphatic heterocycles. The normalized spacial score (nSPS) is 11.2. The van der Waals surface area contributed by atoms with Gasteiger partial charge in [0, 0.05) is 7.05 Å². The number of hydrogen-bond acceptors (Lipinski definition) is 2. The zero-order valence-corrected chi connectivity index (χ0v) is 10.1. The highest BCUT2D eigenvalue weighted by Crippen LogP contribution is 2.17. The van der Waals surface area contributed by atoms with Crippen molar-refractivity contribution in [3.63, 3.8) is 0 Å². The molecule has 1 N–H and O–H groups in total. The lowest BCUT2D eigenvalue weighted by Crippen LogP contribution is -2.36. The molecule has 0 fully saturated rings. The van der Waals surface area contributed by atoms with Gasteiger partial charge in [-0.2, -0.15) is 13.2 Å². The SMILES string of the molecule is CN(CC(F)(F)F)C(=O)Cc1ccccc1C(=O)O. The summed E-state index contributed by atoms with van der Waals surface area (Å²) in [4.78, 5) is 23.0. The predicted octanol–water partition coefficient (Wildman–Crippen LogP) is 1.95. The molecule has 4 nitrogen and oxygen atoms in total. The van der Waals surface area contributed by atoms with Crippen molar-refractivity contribution in [3.05, 3.63) is 35.4 Å². The topological polar surface area (TPSA) is 57.6 Å². The molecule has 0 saturated carbocycles. The van der Waals surface area contributed by atoms with E-state index >= 15 is 0 Å². The number of rotatable bonds is 4.